The Morgan fingerprint density at radius 1 is 0.796 bits per heavy atom. The predicted molar refractivity (Wildman–Crippen MR) is 173 cm³/mol. The summed E-state index contributed by atoms with van der Waals surface area (Å²) >= 11 is 0. The van der Waals surface area contributed by atoms with Crippen LogP contribution in [0.5, 0.6) is 0 Å². The minimum atomic E-state index is -1.52. The lowest BCUT2D eigenvalue weighted by Crippen LogP contribution is -2.59. The van der Waals surface area contributed by atoms with Crippen molar-refractivity contribution in [2.45, 2.75) is 114 Å². The van der Waals surface area contributed by atoms with Gasteiger partial charge in [0.1, 0.15) is 36.3 Å². The average molecular weight is 698 g/mol. The van der Waals surface area contributed by atoms with Crippen LogP contribution in [0.1, 0.15) is 71.6 Å². The molecular weight excluding hydrogens is 646 g/mol. The van der Waals surface area contributed by atoms with Gasteiger partial charge in [-0.3, -0.25) is 33.6 Å². The number of hydrogen-bond donors (Lipinski definition) is 10. The predicted octanol–water partition coefficient (Wildman–Crippen LogP) is -4.34. The lowest BCUT2D eigenvalue weighted by molar-refractivity contribution is -0.143. The van der Waals surface area contributed by atoms with Crippen LogP contribution in [0.15, 0.2) is 0 Å². The maximum atomic E-state index is 13.4. The highest BCUT2D eigenvalue weighted by molar-refractivity contribution is 5.97. The summed E-state index contributed by atoms with van der Waals surface area (Å²) in [5.74, 6) is -6.18. The number of carbonyl (C=O) groups excluding carboxylic acids is 7. The number of carboxylic acids is 1. The number of nitrogens with two attached hydrogens (primary N) is 2. The van der Waals surface area contributed by atoms with Gasteiger partial charge < -0.3 is 58.5 Å². The summed E-state index contributed by atoms with van der Waals surface area (Å²) in [6, 6.07) is -7.63. The summed E-state index contributed by atoms with van der Waals surface area (Å²) in [5.41, 5.74) is 10.6. The summed E-state index contributed by atoms with van der Waals surface area (Å²) in [6.07, 6.45) is 3.15. The Bertz CT molecular complexity index is 1210. The Hall–Kier alpha value is -4.36. The molecule has 0 bridgehead atoms. The molecule has 2 rings (SSSR count). The van der Waals surface area contributed by atoms with E-state index in [0.29, 0.717) is 45.2 Å². The molecule has 12 N–H and O–H groups in total. The molecule has 2 heterocycles. The molecule has 0 spiro atoms. The second-order valence-electron chi connectivity index (χ2n) is 12.3. The molecule has 2 saturated heterocycles. The monoisotopic (exact) mass is 697 g/mol. The number of aliphatic hydroxyl groups is 1. The minimum absolute atomic E-state index is 0.189. The third kappa shape index (κ3) is 12.9. The van der Waals surface area contributed by atoms with Gasteiger partial charge in [-0.2, -0.15) is 0 Å². The Balaban J connectivity index is 1.98. The molecule has 7 atom stereocenters. The van der Waals surface area contributed by atoms with Crippen LogP contribution in [0.3, 0.4) is 0 Å². The molecule has 2 fully saturated rings. The molecule has 19 nitrogen and oxygen atoms in total. The Kier molecular flexibility index (Phi) is 16.8. The number of hydrogen-bond acceptors (Lipinski definition) is 11. The molecule has 0 aromatic rings. The molecule has 276 valence electrons. The lowest BCUT2D eigenvalue weighted by Gasteiger charge is -2.29. The minimum Gasteiger partial charge on any atom is -0.480 e. The molecule has 0 aromatic heterocycles. The topological polar surface area (TPSA) is 304 Å². The molecule has 2 aliphatic rings. The smallest absolute Gasteiger partial charge is 0.326 e. The molecule has 0 radical (unpaired) electrons. The van der Waals surface area contributed by atoms with Gasteiger partial charge in [0.15, 0.2) is 0 Å². The SMILES string of the molecule is C[C@H](NC(=O)[C@H](CO)NC(=O)[C@@H]1CCCN1C(=O)[C@H](C)NC(=O)[C@H](CCCCN)NC(=O)[C@@H]1CCCN1)C(=O)N[C@@H](CCC(N)=O)C(=O)O. The zero-order chi connectivity index (χ0) is 36.7. The standard InChI is InChI=1S/C30H51N9O10/c1-16(24(42)37-20(30(48)49)10-11-23(32)41)34-27(45)21(15-40)38-28(46)22-9-6-14-39(22)29(47)17(2)35-26(44)19(7-3-4-12-31)36-25(43)18-8-5-13-33-18/h16-22,33,40H,3-15,31H2,1-2H3,(H2,32,41)(H,34,45)(H,35,44)(H,36,43)(H,37,42)(H,38,46)(H,48,49)/t16-,17-,18-,19-,20-,21-,22-/m0/s1. The van der Waals surface area contributed by atoms with E-state index >= 15 is 0 Å². The number of likely N-dealkylation sites (tertiary alicyclic amines) is 1. The van der Waals surface area contributed by atoms with E-state index in [9.17, 15) is 48.6 Å². The van der Waals surface area contributed by atoms with Gasteiger partial charge in [-0.15, -0.1) is 0 Å². The van der Waals surface area contributed by atoms with Crippen molar-refractivity contribution in [1.29, 1.82) is 0 Å². The highest BCUT2D eigenvalue weighted by atomic mass is 16.4. The summed E-state index contributed by atoms with van der Waals surface area (Å²) in [7, 11) is 0. The zero-order valence-electron chi connectivity index (χ0n) is 28.0. The van der Waals surface area contributed by atoms with Crippen molar-refractivity contribution in [3.05, 3.63) is 0 Å². The Morgan fingerprint density at radius 3 is 2.04 bits per heavy atom. The first kappa shape index (κ1) is 40.8. The van der Waals surface area contributed by atoms with E-state index in [2.05, 4.69) is 31.9 Å². The first-order valence-electron chi connectivity index (χ1n) is 16.6. The third-order valence-electron chi connectivity index (χ3n) is 8.39. The first-order chi connectivity index (χ1) is 23.2. The number of primary amides is 1. The van der Waals surface area contributed by atoms with E-state index in [4.69, 9.17) is 11.5 Å². The van der Waals surface area contributed by atoms with Crippen molar-refractivity contribution in [3.8, 4) is 0 Å². The largest absolute Gasteiger partial charge is 0.480 e. The molecule has 0 aliphatic carbocycles. The number of carboxylic acid groups (broad SMARTS) is 1. The van der Waals surface area contributed by atoms with E-state index in [1.165, 1.54) is 18.7 Å². The lowest BCUT2D eigenvalue weighted by atomic mass is 10.1. The van der Waals surface area contributed by atoms with Gasteiger partial charge in [-0.05, 0) is 78.3 Å². The van der Waals surface area contributed by atoms with Gasteiger partial charge >= 0.3 is 5.97 Å². The second kappa shape index (κ2) is 20.2. The number of rotatable bonds is 20. The van der Waals surface area contributed by atoms with Gasteiger partial charge in [-0.1, -0.05) is 0 Å². The molecule has 49 heavy (non-hydrogen) atoms. The van der Waals surface area contributed by atoms with Crippen LogP contribution >= 0.6 is 0 Å². The highest BCUT2D eigenvalue weighted by Gasteiger charge is 2.38. The molecule has 2 aliphatic heterocycles. The van der Waals surface area contributed by atoms with Crippen LogP contribution in [-0.2, 0) is 38.4 Å². The van der Waals surface area contributed by atoms with E-state index in [1.807, 2.05) is 0 Å². The van der Waals surface area contributed by atoms with Crippen molar-refractivity contribution in [1.82, 2.24) is 36.8 Å². The van der Waals surface area contributed by atoms with Crippen LogP contribution in [0.2, 0.25) is 0 Å². The normalized spacial score (nSPS) is 20.2. The summed E-state index contributed by atoms with van der Waals surface area (Å²) in [5, 5.41) is 34.5. The first-order valence-corrected chi connectivity index (χ1v) is 16.6. The number of aliphatic carboxylic acids is 1. The van der Waals surface area contributed by atoms with E-state index in [-0.39, 0.29) is 31.7 Å². The van der Waals surface area contributed by atoms with Crippen LogP contribution in [0, 0.1) is 0 Å². The van der Waals surface area contributed by atoms with Gasteiger partial charge in [-0.25, -0.2) is 4.79 Å². The van der Waals surface area contributed by atoms with Crippen LogP contribution in [-0.4, -0.2) is 131 Å². The van der Waals surface area contributed by atoms with Crippen molar-refractivity contribution >= 4 is 47.3 Å². The van der Waals surface area contributed by atoms with Crippen LogP contribution < -0.4 is 43.4 Å². The van der Waals surface area contributed by atoms with Gasteiger partial charge in [0, 0.05) is 13.0 Å². The van der Waals surface area contributed by atoms with Crippen LogP contribution in [0.4, 0.5) is 0 Å². The van der Waals surface area contributed by atoms with Gasteiger partial charge in [0.05, 0.1) is 12.6 Å². The van der Waals surface area contributed by atoms with E-state index in [1.54, 1.807) is 0 Å². The number of nitrogens with zero attached hydrogens (tertiary/aromatic N) is 1. The quantitative estimate of drug-likeness (QED) is 0.0540. The maximum absolute atomic E-state index is 13.4. The highest BCUT2D eigenvalue weighted by Crippen LogP contribution is 2.19. The third-order valence-corrected chi connectivity index (χ3v) is 8.39. The Labute approximate surface area is 284 Å². The van der Waals surface area contributed by atoms with Crippen molar-refractivity contribution in [2.24, 2.45) is 11.5 Å². The van der Waals surface area contributed by atoms with Crippen molar-refractivity contribution < 1.29 is 48.6 Å². The maximum Gasteiger partial charge on any atom is 0.326 e. The fourth-order valence-corrected chi connectivity index (χ4v) is 5.55. The number of nitrogens with one attached hydrogen (secondary N) is 6. The molecule has 0 saturated carbocycles. The number of aliphatic hydroxyl groups excluding tert-OH is 1. The van der Waals surface area contributed by atoms with Crippen LogP contribution in [0.25, 0.3) is 0 Å². The molecule has 0 aromatic carbocycles. The summed E-state index contributed by atoms with van der Waals surface area (Å²) in [6.45, 7) is 3.17. The van der Waals surface area contributed by atoms with Crippen molar-refractivity contribution in [3.63, 3.8) is 0 Å². The fourth-order valence-electron chi connectivity index (χ4n) is 5.55. The fraction of sp³-hybridized carbons (Fsp3) is 0.733. The zero-order valence-corrected chi connectivity index (χ0v) is 28.0. The summed E-state index contributed by atoms with van der Waals surface area (Å²) in [4.78, 5) is 102. The van der Waals surface area contributed by atoms with E-state index in [0.717, 1.165) is 6.42 Å². The number of carbonyl (C=O) groups is 8. The van der Waals surface area contributed by atoms with Gasteiger partial charge in [0.25, 0.3) is 0 Å². The second-order valence-corrected chi connectivity index (χ2v) is 12.3. The number of unbranched alkanes of at least 4 members (excludes halogenated alkanes) is 1. The molecule has 19 heteroatoms. The molecular formula is C30H51N9O10. The Morgan fingerprint density at radius 2 is 1.45 bits per heavy atom. The average Bonchev–Trinajstić information content (AvgIpc) is 3.77. The van der Waals surface area contributed by atoms with Gasteiger partial charge in [0.2, 0.25) is 41.4 Å². The molecule has 0 unspecified atom stereocenters. The van der Waals surface area contributed by atoms with Crippen molar-refractivity contribution in [2.75, 3.05) is 26.2 Å². The molecule has 7 amide bonds. The summed E-state index contributed by atoms with van der Waals surface area (Å²) < 4.78 is 0. The number of amides is 7. The van der Waals surface area contributed by atoms with E-state index < -0.39 is 90.3 Å².